The van der Waals surface area contributed by atoms with Crippen LogP contribution in [0.15, 0.2) is 30.0 Å². The maximum absolute atomic E-state index is 12.3. The first-order valence-electron chi connectivity index (χ1n) is 7.99. The van der Waals surface area contributed by atoms with Crippen molar-refractivity contribution < 1.29 is 19.2 Å². The molecule has 6 nitrogen and oxygen atoms in total. The van der Waals surface area contributed by atoms with Crippen LogP contribution < -0.4 is 15.5 Å². The van der Waals surface area contributed by atoms with E-state index in [4.69, 9.17) is 16.3 Å². The van der Waals surface area contributed by atoms with E-state index in [-0.39, 0.29) is 17.5 Å². The number of halogens is 1. The molecule has 0 atom stereocenters. The van der Waals surface area contributed by atoms with E-state index in [9.17, 15) is 9.59 Å². The zero-order chi connectivity index (χ0) is 17.4. The van der Waals surface area contributed by atoms with Gasteiger partial charge in [-0.15, -0.1) is 0 Å². The molecule has 2 amide bonds. The molecule has 7 heteroatoms. The highest BCUT2D eigenvalue weighted by Crippen LogP contribution is 2.12. The summed E-state index contributed by atoms with van der Waals surface area (Å²) < 4.78 is 5.31. The van der Waals surface area contributed by atoms with Crippen molar-refractivity contribution in [1.82, 2.24) is 10.6 Å². The Hall–Kier alpha value is -1.89. The van der Waals surface area contributed by atoms with Gasteiger partial charge in [0, 0.05) is 11.9 Å². The molecular weight excluding hydrogens is 330 g/mol. The summed E-state index contributed by atoms with van der Waals surface area (Å²) >= 11 is 5.86. The topological polar surface area (TPSA) is 71.9 Å². The maximum atomic E-state index is 12.3. The third-order valence-corrected chi connectivity index (χ3v) is 3.95. The summed E-state index contributed by atoms with van der Waals surface area (Å²) in [6.45, 7) is 6.19. The standard InChI is InChI=1S/C17H22ClN3O3/c1-13(22)20-16(12-14-2-4-15(18)5-3-14)17(23)19-6-7-21-8-10-24-11-9-21/h2-5,12H,6-11H2,1H3,(H,19,23)(H,20,22)/p+1/b16-12-. The van der Waals surface area contributed by atoms with Gasteiger partial charge in [0.2, 0.25) is 5.91 Å². The Bertz CT molecular complexity index is 596. The van der Waals surface area contributed by atoms with Gasteiger partial charge in [0.25, 0.3) is 5.91 Å². The normalized spacial score (nSPS) is 15.8. The summed E-state index contributed by atoms with van der Waals surface area (Å²) in [4.78, 5) is 25.1. The predicted octanol–water partition coefficient (Wildman–Crippen LogP) is -0.152. The average Bonchev–Trinajstić information content (AvgIpc) is 2.57. The van der Waals surface area contributed by atoms with Gasteiger partial charge in [0.05, 0.1) is 26.3 Å². The smallest absolute Gasteiger partial charge is 0.268 e. The van der Waals surface area contributed by atoms with Crippen molar-refractivity contribution in [2.45, 2.75) is 6.92 Å². The highest BCUT2D eigenvalue weighted by atomic mass is 35.5. The van der Waals surface area contributed by atoms with Gasteiger partial charge in [0.15, 0.2) is 0 Å². The second kappa shape index (κ2) is 9.42. The van der Waals surface area contributed by atoms with Crippen molar-refractivity contribution in [3.63, 3.8) is 0 Å². The minimum atomic E-state index is -0.298. The lowest BCUT2D eigenvalue weighted by molar-refractivity contribution is -0.906. The summed E-state index contributed by atoms with van der Waals surface area (Å²) in [7, 11) is 0. The first kappa shape index (κ1) is 18.4. The fraction of sp³-hybridized carbons (Fsp3) is 0.412. The van der Waals surface area contributed by atoms with Crippen LogP contribution in [0, 0.1) is 0 Å². The molecule has 0 unspecified atom stereocenters. The number of hydrogen-bond acceptors (Lipinski definition) is 3. The molecule has 1 saturated heterocycles. The molecule has 0 bridgehead atoms. The van der Waals surface area contributed by atoms with E-state index in [0.29, 0.717) is 11.6 Å². The first-order valence-corrected chi connectivity index (χ1v) is 8.37. The van der Waals surface area contributed by atoms with Crippen molar-refractivity contribution in [2.75, 3.05) is 39.4 Å². The number of morpholine rings is 1. The van der Waals surface area contributed by atoms with Gasteiger partial charge >= 0.3 is 0 Å². The minimum Gasteiger partial charge on any atom is -0.370 e. The SMILES string of the molecule is CC(=O)N/C(=C\c1ccc(Cl)cc1)C(=O)NCC[NH+]1CCOCC1. The van der Waals surface area contributed by atoms with Gasteiger partial charge < -0.3 is 20.3 Å². The first-order chi connectivity index (χ1) is 11.5. The van der Waals surface area contributed by atoms with Gasteiger partial charge in [-0.1, -0.05) is 23.7 Å². The maximum Gasteiger partial charge on any atom is 0.268 e. The molecule has 1 aliphatic heterocycles. The molecule has 1 aromatic carbocycles. The predicted molar refractivity (Wildman–Crippen MR) is 92.6 cm³/mol. The van der Waals surface area contributed by atoms with E-state index in [1.165, 1.54) is 11.8 Å². The van der Waals surface area contributed by atoms with Crippen LogP contribution in [0.2, 0.25) is 5.02 Å². The number of rotatable bonds is 6. The third-order valence-electron chi connectivity index (χ3n) is 3.70. The van der Waals surface area contributed by atoms with Crippen molar-refractivity contribution in [1.29, 1.82) is 0 Å². The summed E-state index contributed by atoms with van der Waals surface area (Å²) in [6, 6.07) is 7.04. The van der Waals surface area contributed by atoms with E-state index in [1.807, 2.05) is 0 Å². The highest BCUT2D eigenvalue weighted by Gasteiger charge is 2.15. The zero-order valence-electron chi connectivity index (χ0n) is 13.7. The monoisotopic (exact) mass is 352 g/mol. The van der Waals surface area contributed by atoms with Crippen LogP contribution in [-0.4, -0.2) is 51.2 Å². The molecule has 0 saturated carbocycles. The Morgan fingerprint density at radius 1 is 1.25 bits per heavy atom. The molecule has 1 aromatic rings. The van der Waals surface area contributed by atoms with Crippen LogP contribution in [0.3, 0.4) is 0 Å². The summed E-state index contributed by atoms with van der Waals surface area (Å²) in [5, 5.41) is 6.06. The Balaban J connectivity index is 1.94. The Labute approximate surface area is 146 Å². The number of benzene rings is 1. The molecule has 0 radical (unpaired) electrons. The van der Waals surface area contributed by atoms with Crippen LogP contribution in [0.4, 0.5) is 0 Å². The van der Waals surface area contributed by atoms with Crippen molar-refractivity contribution in [2.24, 2.45) is 0 Å². The highest BCUT2D eigenvalue weighted by molar-refractivity contribution is 6.30. The molecule has 24 heavy (non-hydrogen) atoms. The van der Waals surface area contributed by atoms with E-state index < -0.39 is 0 Å². The third kappa shape index (κ3) is 6.31. The van der Waals surface area contributed by atoms with Gasteiger partial charge in [0.1, 0.15) is 18.8 Å². The molecule has 1 heterocycles. The van der Waals surface area contributed by atoms with Crippen molar-refractivity contribution in [3.8, 4) is 0 Å². The van der Waals surface area contributed by atoms with E-state index in [2.05, 4.69) is 10.6 Å². The molecular formula is C17H23ClN3O3+. The number of carbonyl (C=O) groups excluding carboxylic acids is 2. The van der Waals surface area contributed by atoms with E-state index in [0.717, 1.165) is 38.4 Å². The molecule has 0 spiro atoms. The number of amides is 2. The molecule has 130 valence electrons. The quantitative estimate of drug-likeness (QED) is 0.623. The van der Waals surface area contributed by atoms with Crippen molar-refractivity contribution >= 4 is 29.5 Å². The van der Waals surface area contributed by atoms with Crippen LogP contribution in [0.25, 0.3) is 6.08 Å². The molecule has 0 aromatic heterocycles. The molecule has 1 fully saturated rings. The molecule has 2 rings (SSSR count). The van der Waals surface area contributed by atoms with Crippen LogP contribution in [0.5, 0.6) is 0 Å². The van der Waals surface area contributed by atoms with Crippen LogP contribution in [0.1, 0.15) is 12.5 Å². The van der Waals surface area contributed by atoms with Gasteiger partial charge in [-0.05, 0) is 23.8 Å². The Morgan fingerprint density at radius 2 is 1.92 bits per heavy atom. The fourth-order valence-electron chi connectivity index (χ4n) is 2.43. The number of carbonyl (C=O) groups is 2. The zero-order valence-corrected chi connectivity index (χ0v) is 14.5. The minimum absolute atomic E-state index is 0.224. The number of quaternary nitrogens is 1. The summed E-state index contributed by atoms with van der Waals surface area (Å²) in [5.41, 5.74) is 1.01. The number of ether oxygens (including phenoxy) is 1. The van der Waals surface area contributed by atoms with Gasteiger partial charge in [-0.3, -0.25) is 9.59 Å². The molecule has 3 N–H and O–H groups in total. The Morgan fingerprint density at radius 3 is 2.54 bits per heavy atom. The van der Waals surface area contributed by atoms with Crippen LogP contribution >= 0.6 is 11.6 Å². The summed E-state index contributed by atoms with van der Waals surface area (Å²) in [5.74, 6) is -0.586. The second-order valence-electron chi connectivity index (χ2n) is 5.66. The lowest BCUT2D eigenvalue weighted by Gasteiger charge is -2.23. The average molecular weight is 353 g/mol. The Kier molecular flexibility index (Phi) is 7.24. The number of hydrogen-bond donors (Lipinski definition) is 3. The lowest BCUT2D eigenvalue weighted by Crippen LogP contribution is -3.14. The van der Waals surface area contributed by atoms with Gasteiger partial charge in [-0.25, -0.2) is 0 Å². The lowest BCUT2D eigenvalue weighted by atomic mass is 10.2. The second-order valence-corrected chi connectivity index (χ2v) is 6.10. The van der Waals surface area contributed by atoms with E-state index in [1.54, 1.807) is 30.3 Å². The van der Waals surface area contributed by atoms with Crippen molar-refractivity contribution in [3.05, 3.63) is 40.5 Å². The van der Waals surface area contributed by atoms with Crippen LogP contribution in [-0.2, 0) is 14.3 Å². The van der Waals surface area contributed by atoms with Gasteiger partial charge in [-0.2, -0.15) is 0 Å². The summed E-state index contributed by atoms with van der Waals surface area (Å²) in [6.07, 6.45) is 1.63. The largest absolute Gasteiger partial charge is 0.370 e. The fourth-order valence-corrected chi connectivity index (χ4v) is 2.56. The molecule has 1 aliphatic rings. The van der Waals surface area contributed by atoms with E-state index >= 15 is 0 Å². The molecule has 0 aliphatic carbocycles. The number of nitrogens with one attached hydrogen (secondary N) is 3.